The maximum Gasteiger partial charge on any atom is 0.271 e. The number of anilines is 1. The molecule has 2 aromatic carbocycles. The molecule has 0 aliphatic rings. The predicted octanol–water partition coefficient (Wildman–Crippen LogP) is 3.07. The number of amides is 1. The molecule has 0 aliphatic carbocycles. The molecule has 1 N–H and O–H groups in total. The molecule has 1 amide bonds. The molecule has 29 heavy (non-hydrogen) atoms. The molecule has 0 spiro atoms. The zero-order valence-electron chi connectivity index (χ0n) is 16.9. The molecule has 0 aliphatic heterocycles. The van der Waals surface area contributed by atoms with E-state index in [1.807, 2.05) is 31.2 Å². The molecule has 0 heterocycles. The van der Waals surface area contributed by atoms with E-state index in [0.717, 1.165) is 21.7 Å². The van der Waals surface area contributed by atoms with Gasteiger partial charge in [0.05, 0.1) is 16.9 Å². The van der Waals surface area contributed by atoms with Crippen LogP contribution >= 0.6 is 0 Å². The lowest BCUT2D eigenvalue weighted by atomic mass is 10.1. The first-order valence-electron chi connectivity index (χ1n) is 9.13. The maximum absolute atomic E-state index is 12.9. The number of hydrogen-bond acceptors (Lipinski definition) is 5. The summed E-state index contributed by atoms with van der Waals surface area (Å²) in [4.78, 5) is 23.5. The fourth-order valence-corrected chi connectivity index (χ4v) is 4.35. The molecule has 9 heteroatoms. The van der Waals surface area contributed by atoms with Crippen molar-refractivity contribution in [1.82, 2.24) is 5.32 Å². The van der Waals surface area contributed by atoms with Crippen LogP contribution in [0, 0.1) is 24.0 Å². The van der Waals surface area contributed by atoms with Gasteiger partial charge in [-0.3, -0.25) is 19.2 Å². The monoisotopic (exact) mass is 419 g/mol. The minimum atomic E-state index is -3.88. The van der Waals surface area contributed by atoms with Gasteiger partial charge in [-0.15, -0.1) is 0 Å². The van der Waals surface area contributed by atoms with Crippen molar-refractivity contribution in [2.24, 2.45) is 0 Å². The lowest BCUT2D eigenvalue weighted by Crippen LogP contribution is -2.49. The molecule has 2 rings (SSSR count). The second-order valence-electron chi connectivity index (χ2n) is 6.86. The highest BCUT2D eigenvalue weighted by molar-refractivity contribution is 7.92. The van der Waals surface area contributed by atoms with E-state index in [1.54, 1.807) is 13.8 Å². The normalized spacial score (nSPS) is 12.3. The Morgan fingerprint density at radius 3 is 2.38 bits per heavy atom. The van der Waals surface area contributed by atoms with Crippen LogP contribution in [-0.2, 0) is 21.4 Å². The second kappa shape index (κ2) is 9.04. The average Bonchev–Trinajstić information content (AvgIpc) is 2.64. The van der Waals surface area contributed by atoms with Crippen molar-refractivity contribution < 1.29 is 18.1 Å². The number of benzene rings is 2. The van der Waals surface area contributed by atoms with Crippen LogP contribution in [0.2, 0.25) is 0 Å². The summed E-state index contributed by atoms with van der Waals surface area (Å²) in [5, 5.41) is 14.0. The molecule has 0 aromatic heterocycles. The molecule has 0 saturated heterocycles. The van der Waals surface area contributed by atoms with Gasteiger partial charge in [0.2, 0.25) is 15.9 Å². The highest BCUT2D eigenvalue weighted by Gasteiger charge is 2.33. The molecule has 1 atom stereocenters. The summed E-state index contributed by atoms with van der Waals surface area (Å²) < 4.78 is 26.1. The first-order chi connectivity index (χ1) is 13.6. The van der Waals surface area contributed by atoms with Crippen LogP contribution in [0.3, 0.4) is 0 Å². The molecular weight excluding hydrogens is 394 g/mol. The van der Waals surface area contributed by atoms with E-state index in [0.29, 0.717) is 5.56 Å². The van der Waals surface area contributed by atoms with Crippen molar-refractivity contribution in [2.45, 2.75) is 39.8 Å². The largest absolute Gasteiger partial charge is 0.350 e. The Labute approximate surface area is 170 Å². The predicted molar refractivity (Wildman–Crippen MR) is 112 cm³/mol. The van der Waals surface area contributed by atoms with Crippen molar-refractivity contribution in [1.29, 1.82) is 0 Å². The highest BCUT2D eigenvalue weighted by atomic mass is 32.2. The van der Waals surface area contributed by atoms with Gasteiger partial charge in [0.25, 0.3) is 5.69 Å². The van der Waals surface area contributed by atoms with E-state index >= 15 is 0 Å². The van der Waals surface area contributed by atoms with E-state index in [9.17, 15) is 23.3 Å². The fourth-order valence-electron chi connectivity index (χ4n) is 3.09. The number of carbonyl (C=O) groups excluding carboxylic acids is 1. The summed E-state index contributed by atoms with van der Waals surface area (Å²) >= 11 is 0. The molecule has 0 unspecified atom stereocenters. The van der Waals surface area contributed by atoms with Crippen LogP contribution in [0.4, 0.5) is 11.4 Å². The summed E-state index contributed by atoms with van der Waals surface area (Å²) in [6.45, 7) is 5.53. The van der Waals surface area contributed by atoms with Crippen LogP contribution in [0.1, 0.15) is 30.0 Å². The zero-order valence-corrected chi connectivity index (χ0v) is 17.7. The molecule has 8 nitrogen and oxygen atoms in total. The Kier molecular flexibility index (Phi) is 6.97. The second-order valence-corrected chi connectivity index (χ2v) is 8.71. The van der Waals surface area contributed by atoms with E-state index in [4.69, 9.17) is 0 Å². The molecular formula is C20H25N3O5S. The van der Waals surface area contributed by atoms with Gasteiger partial charge < -0.3 is 5.32 Å². The Morgan fingerprint density at radius 1 is 1.17 bits per heavy atom. The number of nitrogens with zero attached hydrogens (tertiary/aromatic N) is 2. The van der Waals surface area contributed by atoms with Gasteiger partial charge in [0.15, 0.2) is 0 Å². The standard InChI is InChI=1S/C20H25N3O5S/c1-5-18(20(24)21-13-16-9-7-6-8-14(16)2)22(29(4,27)28)19-12-17(23(25)26)11-10-15(19)3/h6-12,18H,5,13H2,1-4H3,(H,21,24)/t18-/m0/s1. The highest BCUT2D eigenvalue weighted by Crippen LogP contribution is 2.30. The number of hydrogen-bond donors (Lipinski definition) is 1. The van der Waals surface area contributed by atoms with Crippen molar-refractivity contribution in [3.8, 4) is 0 Å². The van der Waals surface area contributed by atoms with Crippen LogP contribution in [0.15, 0.2) is 42.5 Å². The maximum atomic E-state index is 12.9. The third kappa shape index (κ3) is 5.32. The van der Waals surface area contributed by atoms with Crippen molar-refractivity contribution in [2.75, 3.05) is 10.6 Å². The van der Waals surface area contributed by atoms with Gasteiger partial charge in [-0.25, -0.2) is 8.42 Å². The van der Waals surface area contributed by atoms with E-state index in [-0.39, 0.29) is 24.3 Å². The number of nitro benzene ring substituents is 1. The molecule has 2 aromatic rings. The van der Waals surface area contributed by atoms with E-state index in [2.05, 4.69) is 5.32 Å². The average molecular weight is 420 g/mol. The summed E-state index contributed by atoms with van der Waals surface area (Å²) in [5.74, 6) is -0.466. The van der Waals surface area contributed by atoms with Gasteiger partial charge >= 0.3 is 0 Å². The minimum absolute atomic E-state index is 0.125. The number of nitrogens with one attached hydrogen (secondary N) is 1. The summed E-state index contributed by atoms with van der Waals surface area (Å²) in [5.41, 5.74) is 2.34. The van der Waals surface area contributed by atoms with Crippen molar-refractivity contribution in [3.05, 3.63) is 69.3 Å². The van der Waals surface area contributed by atoms with Gasteiger partial charge in [-0.2, -0.15) is 0 Å². The Hall–Kier alpha value is -2.94. The van der Waals surface area contributed by atoms with Crippen LogP contribution in [0.25, 0.3) is 0 Å². The first-order valence-corrected chi connectivity index (χ1v) is 11.0. The topological polar surface area (TPSA) is 110 Å². The van der Waals surface area contributed by atoms with Gasteiger partial charge in [-0.05, 0) is 37.0 Å². The molecule has 0 radical (unpaired) electrons. The number of aryl methyl sites for hydroxylation is 2. The minimum Gasteiger partial charge on any atom is -0.350 e. The quantitative estimate of drug-likeness (QED) is 0.522. The van der Waals surface area contributed by atoms with Crippen LogP contribution in [0.5, 0.6) is 0 Å². The smallest absolute Gasteiger partial charge is 0.271 e. The Morgan fingerprint density at radius 2 is 1.83 bits per heavy atom. The van der Waals surface area contributed by atoms with Crippen molar-refractivity contribution in [3.63, 3.8) is 0 Å². The van der Waals surface area contributed by atoms with Crippen molar-refractivity contribution >= 4 is 27.3 Å². The van der Waals surface area contributed by atoms with E-state index in [1.165, 1.54) is 18.2 Å². The molecule has 0 fully saturated rings. The number of carbonyl (C=O) groups is 1. The number of nitro groups is 1. The third-order valence-electron chi connectivity index (χ3n) is 4.69. The van der Waals surface area contributed by atoms with Crippen LogP contribution in [-0.4, -0.2) is 31.5 Å². The molecule has 0 saturated carbocycles. The first kappa shape index (κ1) is 22.4. The van der Waals surface area contributed by atoms with Gasteiger partial charge in [-0.1, -0.05) is 37.3 Å². The Bertz CT molecular complexity index is 1020. The molecule has 0 bridgehead atoms. The number of rotatable bonds is 8. The SMILES string of the molecule is CC[C@@H](C(=O)NCc1ccccc1C)N(c1cc([N+](=O)[O-])ccc1C)S(C)(=O)=O. The van der Waals surface area contributed by atoms with Gasteiger partial charge in [0.1, 0.15) is 6.04 Å². The fraction of sp³-hybridized carbons (Fsp3) is 0.350. The lowest BCUT2D eigenvalue weighted by Gasteiger charge is -2.31. The summed E-state index contributed by atoms with van der Waals surface area (Å²) in [7, 11) is -3.88. The lowest BCUT2D eigenvalue weighted by molar-refractivity contribution is -0.384. The van der Waals surface area contributed by atoms with Crippen LogP contribution < -0.4 is 9.62 Å². The third-order valence-corrected chi connectivity index (χ3v) is 5.85. The zero-order chi connectivity index (χ0) is 21.8. The Balaban J connectivity index is 2.40. The summed E-state index contributed by atoms with van der Waals surface area (Å²) in [6, 6.07) is 10.5. The number of non-ortho nitro benzene ring substituents is 1. The molecule has 156 valence electrons. The van der Waals surface area contributed by atoms with E-state index < -0.39 is 26.9 Å². The number of sulfonamides is 1. The van der Waals surface area contributed by atoms with Gasteiger partial charge in [0, 0.05) is 18.7 Å². The summed E-state index contributed by atoms with van der Waals surface area (Å²) in [6.07, 6.45) is 1.19.